The molecule has 70 valence electrons. The van der Waals surface area contributed by atoms with E-state index in [-0.39, 0.29) is 0 Å². The molecule has 0 heterocycles. The number of nitrogens with two attached hydrogens (primary N) is 2. The molecule has 0 spiro atoms. The van der Waals surface area contributed by atoms with E-state index in [9.17, 15) is 4.79 Å². The molecule has 0 aliphatic carbocycles. The molecule has 0 aliphatic rings. The lowest BCUT2D eigenvalue weighted by Crippen LogP contribution is -2.50. The second kappa shape index (κ2) is 3.58. The quantitative estimate of drug-likeness (QED) is 0.704. The van der Waals surface area contributed by atoms with E-state index in [0.717, 1.165) is 5.56 Å². The fraction of sp³-hybridized carbons (Fsp3) is 0.300. The van der Waals surface area contributed by atoms with Gasteiger partial charge in [0.15, 0.2) is 0 Å². The van der Waals surface area contributed by atoms with Crippen molar-refractivity contribution in [3.8, 4) is 0 Å². The number of rotatable bonds is 3. The number of primary amides is 1. The largest absolute Gasteiger partial charge is 0.368 e. The summed E-state index contributed by atoms with van der Waals surface area (Å²) in [4.78, 5) is 10.9. The molecule has 0 fully saturated rings. The minimum Gasteiger partial charge on any atom is -0.368 e. The highest BCUT2D eigenvalue weighted by molar-refractivity contribution is 5.84. The lowest BCUT2D eigenvalue weighted by Gasteiger charge is -2.20. The average Bonchev–Trinajstić information content (AvgIpc) is 2.05. The first-order valence-corrected chi connectivity index (χ1v) is 4.15. The molecule has 1 aromatic rings. The highest BCUT2D eigenvalue weighted by Crippen LogP contribution is 2.09. The molecule has 0 bridgehead atoms. The van der Waals surface area contributed by atoms with Gasteiger partial charge in [0.05, 0.1) is 5.54 Å². The summed E-state index contributed by atoms with van der Waals surface area (Å²) in [5, 5.41) is 0. The van der Waals surface area contributed by atoms with Crippen LogP contribution < -0.4 is 11.5 Å². The van der Waals surface area contributed by atoms with Crippen LogP contribution in [0.15, 0.2) is 30.3 Å². The van der Waals surface area contributed by atoms with Gasteiger partial charge in [0.2, 0.25) is 5.91 Å². The zero-order valence-electron chi connectivity index (χ0n) is 7.66. The molecule has 3 heteroatoms. The summed E-state index contributed by atoms with van der Waals surface area (Å²) in [6.07, 6.45) is 0.475. The molecule has 4 N–H and O–H groups in total. The maximum Gasteiger partial charge on any atom is 0.237 e. The van der Waals surface area contributed by atoms with E-state index in [1.807, 2.05) is 30.3 Å². The van der Waals surface area contributed by atoms with Crippen LogP contribution in [0.1, 0.15) is 12.5 Å². The molecule has 0 saturated carbocycles. The third-order valence-electron chi connectivity index (χ3n) is 1.98. The van der Waals surface area contributed by atoms with Crippen molar-refractivity contribution < 1.29 is 4.79 Å². The zero-order valence-corrected chi connectivity index (χ0v) is 7.66. The summed E-state index contributed by atoms with van der Waals surface area (Å²) in [5.74, 6) is -0.476. The lowest BCUT2D eigenvalue weighted by molar-refractivity contribution is -0.122. The zero-order chi connectivity index (χ0) is 9.90. The van der Waals surface area contributed by atoms with Crippen molar-refractivity contribution in [2.75, 3.05) is 0 Å². The Bertz CT molecular complexity index is 293. The van der Waals surface area contributed by atoms with E-state index in [2.05, 4.69) is 0 Å². The summed E-state index contributed by atoms with van der Waals surface area (Å²) in [7, 11) is 0. The summed E-state index contributed by atoms with van der Waals surface area (Å²) < 4.78 is 0. The lowest BCUT2D eigenvalue weighted by atomic mass is 9.93. The van der Waals surface area contributed by atoms with Gasteiger partial charge < -0.3 is 11.5 Å². The summed E-state index contributed by atoms with van der Waals surface area (Å²) in [6, 6.07) is 9.59. The Morgan fingerprint density at radius 2 is 1.92 bits per heavy atom. The summed E-state index contributed by atoms with van der Waals surface area (Å²) >= 11 is 0. The predicted molar refractivity (Wildman–Crippen MR) is 51.9 cm³/mol. The van der Waals surface area contributed by atoms with Gasteiger partial charge in [-0.1, -0.05) is 30.3 Å². The Hall–Kier alpha value is -1.35. The SMILES string of the molecule is CC(N)(Cc1ccccc1)C(N)=O. The first-order chi connectivity index (χ1) is 6.02. The van der Waals surface area contributed by atoms with E-state index < -0.39 is 11.4 Å². The van der Waals surface area contributed by atoms with Crippen molar-refractivity contribution in [2.24, 2.45) is 11.5 Å². The molecular formula is C10H14N2O. The fourth-order valence-corrected chi connectivity index (χ4v) is 1.11. The number of carbonyl (C=O) groups excluding carboxylic acids is 1. The number of hydrogen-bond acceptors (Lipinski definition) is 2. The van der Waals surface area contributed by atoms with Gasteiger partial charge in [-0.25, -0.2) is 0 Å². The van der Waals surface area contributed by atoms with Crippen LogP contribution in [0, 0.1) is 0 Å². The van der Waals surface area contributed by atoms with Gasteiger partial charge in [0.25, 0.3) is 0 Å². The van der Waals surface area contributed by atoms with E-state index in [1.165, 1.54) is 0 Å². The standard InChI is InChI=1S/C10H14N2O/c1-10(12,9(11)13)7-8-5-3-2-4-6-8/h2-6H,7,12H2,1H3,(H2,11,13). The predicted octanol–water partition coefficient (Wildman–Crippen LogP) is 0.432. The van der Waals surface area contributed by atoms with Crippen LogP contribution in [-0.2, 0) is 11.2 Å². The number of carbonyl (C=O) groups is 1. The Balaban J connectivity index is 2.75. The molecule has 1 atom stereocenters. The molecule has 1 unspecified atom stereocenters. The Morgan fingerprint density at radius 1 is 1.38 bits per heavy atom. The van der Waals surface area contributed by atoms with Gasteiger partial charge in [-0.15, -0.1) is 0 Å². The first kappa shape index (κ1) is 9.74. The monoisotopic (exact) mass is 178 g/mol. The molecule has 1 amide bonds. The highest BCUT2D eigenvalue weighted by Gasteiger charge is 2.25. The molecule has 13 heavy (non-hydrogen) atoms. The molecule has 1 rings (SSSR count). The normalized spacial score (nSPS) is 14.9. The molecule has 0 radical (unpaired) electrons. The van der Waals surface area contributed by atoms with Crippen molar-refractivity contribution in [1.29, 1.82) is 0 Å². The summed E-state index contributed by atoms with van der Waals surface area (Å²) in [6.45, 7) is 1.64. The van der Waals surface area contributed by atoms with Crippen molar-refractivity contribution in [3.05, 3.63) is 35.9 Å². The molecule has 3 nitrogen and oxygen atoms in total. The van der Waals surface area contributed by atoms with Crippen molar-refractivity contribution in [3.63, 3.8) is 0 Å². The Labute approximate surface area is 77.7 Å². The van der Waals surface area contributed by atoms with Crippen molar-refractivity contribution >= 4 is 5.91 Å². The van der Waals surface area contributed by atoms with Gasteiger partial charge in [-0.2, -0.15) is 0 Å². The van der Waals surface area contributed by atoms with Gasteiger partial charge in [0, 0.05) is 0 Å². The van der Waals surface area contributed by atoms with Crippen LogP contribution in [0.5, 0.6) is 0 Å². The average molecular weight is 178 g/mol. The topological polar surface area (TPSA) is 69.1 Å². The number of amides is 1. The molecule has 1 aromatic carbocycles. The third-order valence-corrected chi connectivity index (χ3v) is 1.98. The van der Waals surface area contributed by atoms with Crippen LogP contribution in [0.2, 0.25) is 0 Å². The van der Waals surface area contributed by atoms with Gasteiger partial charge in [0.1, 0.15) is 0 Å². The molecular weight excluding hydrogens is 164 g/mol. The van der Waals surface area contributed by atoms with Gasteiger partial charge in [-0.05, 0) is 18.9 Å². The molecule has 0 aromatic heterocycles. The van der Waals surface area contributed by atoms with E-state index >= 15 is 0 Å². The smallest absolute Gasteiger partial charge is 0.237 e. The molecule has 0 saturated heterocycles. The second-order valence-electron chi connectivity index (χ2n) is 3.44. The highest BCUT2D eigenvalue weighted by atomic mass is 16.1. The van der Waals surface area contributed by atoms with Gasteiger partial charge in [-0.3, -0.25) is 4.79 Å². The van der Waals surface area contributed by atoms with Crippen LogP contribution in [-0.4, -0.2) is 11.4 Å². The van der Waals surface area contributed by atoms with Crippen molar-refractivity contribution in [1.82, 2.24) is 0 Å². The third kappa shape index (κ3) is 2.56. The van der Waals surface area contributed by atoms with Crippen molar-refractivity contribution in [2.45, 2.75) is 18.9 Å². The van der Waals surface area contributed by atoms with E-state index in [1.54, 1.807) is 6.92 Å². The number of benzene rings is 1. The van der Waals surface area contributed by atoms with E-state index in [0.29, 0.717) is 6.42 Å². The van der Waals surface area contributed by atoms with E-state index in [4.69, 9.17) is 11.5 Å². The first-order valence-electron chi connectivity index (χ1n) is 4.15. The minimum atomic E-state index is -0.957. The molecule has 0 aliphatic heterocycles. The number of hydrogen-bond donors (Lipinski definition) is 2. The van der Waals surface area contributed by atoms with Crippen LogP contribution in [0.3, 0.4) is 0 Å². The van der Waals surface area contributed by atoms with Crippen LogP contribution in [0.25, 0.3) is 0 Å². The second-order valence-corrected chi connectivity index (χ2v) is 3.44. The van der Waals surface area contributed by atoms with Crippen LogP contribution >= 0.6 is 0 Å². The Kier molecular flexibility index (Phi) is 2.68. The summed E-state index contributed by atoms with van der Waals surface area (Å²) in [5.41, 5.74) is 10.9. The maximum atomic E-state index is 10.9. The fourth-order valence-electron chi connectivity index (χ4n) is 1.11. The van der Waals surface area contributed by atoms with Gasteiger partial charge >= 0.3 is 0 Å². The maximum absolute atomic E-state index is 10.9. The Morgan fingerprint density at radius 3 is 2.38 bits per heavy atom. The van der Waals surface area contributed by atoms with Crippen LogP contribution in [0.4, 0.5) is 0 Å². The minimum absolute atomic E-state index is 0.475.